The van der Waals surface area contributed by atoms with Crippen LogP contribution in [-0.4, -0.2) is 31.6 Å². The van der Waals surface area contributed by atoms with Gasteiger partial charge in [-0.15, -0.1) is 0 Å². The van der Waals surface area contributed by atoms with Crippen LogP contribution >= 0.6 is 11.6 Å². The molecule has 1 aliphatic rings. The number of carbonyl (C=O) groups is 3. The lowest BCUT2D eigenvalue weighted by Gasteiger charge is -2.26. The minimum absolute atomic E-state index is 0.200. The maximum atomic E-state index is 13.3. The van der Waals surface area contributed by atoms with Crippen molar-refractivity contribution in [1.29, 1.82) is 0 Å². The van der Waals surface area contributed by atoms with Crippen LogP contribution in [0.4, 0.5) is 10.5 Å². The van der Waals surface area contributed by atoms with E-state index in [1.54, 1.807) is 43.5 Å². The van der Waals surface area contributed by atoms with E-state index in [1.165, 1.54) is 6.08 Å². The summed E-state index contributed by atoms with van der Waals surface area (Å²) in [5.74, 6) is -0.397. The molecule has 1 saturated heterocycles. The van der Waals surface area contributed by atoms with E-state index in [4.69, 9.17) is 21.1 Å². The van der Waals surface area contributed by atoms with Crippen LogP contribution in [0, 0.1) is 13.8 Å². The Morgan fingerprint density at radius 3 is 2.27 bits per heavy atom. The lowest BCUT2D eigenvalue weighted by Crippen LogP contribution is -2.54. The fourth-order valence-electron chi connectivity index (χ4n) is 4.36. The van der Waals surface area contributed by atoms with Gasteiger partial charge >= 0.3 is 6.03 Å². The molecule has 1 fully saturated rings. The molecule has 7 nitrogen and oxygen atoms in total. The molecule has 8 heteroatoms. The Kier molecular flexibility index (Phi) is 7.64. The largest absolute Gasteiger partial charge is 0.496 e. The second kappa shape index (κ2) is 10.9. The smallest absolute Gasteiger partial charge is 0.335 e. The van der Waals surface area contributed by atoms with Gasteiger partial charge in [0.1, 0.15) is 17.1 Å². The molecule has 0 bridgehead atoms. The number of ether oxygens (including phenoxy) is 2. The summed E-state index contributed by atoms with van der Waals surface area (Å²) in [4.78, 5) is 39.3. The van der Waals surface area contributed by atoms with Crippen molar-refractivity contribution in [2.45, 2.75) is 27.2 Å². The zero-order valence-electron chi connectivity index (χ0n) is 21.1. The maximum Gasteiger partial charge on any atom is 0.335 e. The fraction of sp³-hybridized carbons (Fsp3) is 0.207. The minimum atomic E-state index is -0.823. The van der Waals surface area contributed by atoms with Crippen LogP contribution in [0.5, 0.6) is 11.5 Å². The molecular weight excluding hydrogens is 492 g/mol. The topological polar surface area (TPSA) is 84.9 Å². The van der Waals surface area contributed by atoms with Gasteiger partial charge in [-0.05, 0) is 74.4 Å². The second-order valence-electron chi connectivity index (χ2n) is 8.74. The maximum absolute atomic E-state index is 13.3. The van der Waals surface area contributed by atoms with Crippen LogP contribution in [0.1, 0.15) is 34.7 Å². The first-order valence-electron chi connectivity index (χ1n) is 11.8. The fourth-order valence-corrected chi connectivity index (χ4v) is 4.65. The summed E-state index contributed by atoms with van der Waals surface area (Å²) in [7, 11) is 1.54. The van der Waals surface area contributed by atoms with Crippen molar-refractivity contribution < 1.29 is 23.9 Å². The van der Waals surface area contributed by atoms with Crippen LogP contribution < -0.4 is 19.7 Å². The van der Waals surface area contributed by atoms with Crippen molar-refractivity contribution in [3.05, 3.63) is 93.0 Å². The Morgan fingerprint density at radius 1 is 0.973 bits per heavy atom. The van der Waals surface area contributed by atoms with Crippen molar-refractivity contribution in [3.8, 4) is 11.5 Å². The van der Waals surface area contributed by atoms with E-state index >= 15 is 0 Å². The van der Waals surface area contributed by atoms with Gasteiger partial charge in [0.25, 0.3) is 11.8 Å². The number of barbiturate groups is 1. The van der Waals surface area contributed by atoms with Gasteiger partial charge in [0.2, 0.25) is 0 Å². The van der Waals surface area contributed by atoms with E-state index < -0.39 is 17.8 Å². The summed E-state index contributed by atoms with van der Waals surface area (Å²) in [6.45, 7) is 6.42. The predicted molar refractivity (Wildman–Crippen MR) is 143 cm³/mol. The standard InChI is InChI=1S/C29H27ClN2O5/c1-5-37-22-8-6-21(7-9-22)32-28(34)24(27(33)31-29(32)35)14-20-15-25(30)23(26(16-20)36-4)13-19-11-17(2)10-18(3)12-19/h6-12,14-16H,5,13H2,1-4H3,(H,31,33,35)/b24-14+. The summed E-state index contributed by atoms with van der Waals surface area (Å²) < 4.78 is 11.0. The first kappa shape index (κ1) is 26.0. The number of urea groups is 1. The molecule has 0 spiro atoms. The van der Waals surface area contributed by atoms with Gasteiger partial charge in [0, 0.05) is 17.0 Å². The van der Waals surface area contributed by atoms with E-state index in [9.17, 15) is 14.4 Å². The van der Waals surface area contributed by atoms with Crippen molar-refractivity contribution >= 4 is 41.2 Å². The molecule has 1 aliphatic heterocycles. The van der Waals surface area contributed by atoms with Crippen LogP contribution in [-0.2, 0) is 16.0 Å². The van der Waals surface area contributed by atoms with Gasteiger partial charge < -0.3 is 9.47 Å². The zero-order chi connectivity index (χ0) is 26.7. The quantitative estimate of drug-likeness (QED) is 0.324. The van der Waals surface area contributed by atoms with Gasteiger partial charge in [0.15, 0.2) is 0 Å². The van der Waals surface area contributed by atoms with Gasteiger partial charge in [-0.1, -0.05) is 40.9 Å². The molecule has 0 unspecified atom stereocenters. The molecule has 3 aromatic carbocycles. The van der Waals surface area contributed by atoms with E-state index in [-0.39, 0.29) is 5.57 Å². The molecule has 4 rings (SSSR count). The molecule has 0 aromatic heterocycles. The monoisotopic (exact) mass is 518 g/mol. The number of benzene rings is 3. The van der Waals surface area contributed by atoms with Crippen molar-refractivity contribution in [3.63, 3.8) is 0 Å². The number of anilines is 1. The molecule has 37 heavy (non-hydrogen) atoms. The highest BCUT2D eigenvalue weighted by Crippen LogP contribution is 2.33. The van der Waals surface area contributed by atoms with Crippen molar-refractivity contribution in [2.75, 3.05) is 18.6 Å². The predicted octanol–water partition coefficient (Wildman–Crippen LogP) is 5.62. The molecule has 1 N–H and O–H groups in total. The normalized spacial score (nSPS) is 14.7. The number of nitrogens with one attached hydrogen (secondary N) is 1. The number of hydrogen-bond donors (Lipinski definition) is 1. The number of amides is 4. The molecule has 0 aliphatic carbocycles. The Labute approximate surface area is 220 Å². The number of halogens is 1. The van der Waals surface area contributed by atoms with Crippen molar-refractivity contribution in [1.82, 2.24) is 5.32 Å². The molecule has 190 valence electrons. The first-order valence-corrected chi connectivity index (χ1v) is 12.2. The van der Waals surface area contributed by atoms with Crippen molar-refractivity contribution in [2.24, 2.45) is 0 Å². The summed E-state index contributed by atoms with van der Waals surface area (Å²) in [6, 6.07) is 15.3. The number of imide groups is 2. The molecular formula is C29H27ClN2O5. The van der Waals surface area contributed by atoms with E-state index in [2.05, 4.69) is 23.5 Å². The zero-order valence-corrected chi connectivity index (χ0v) is 21.8. The summed E-state index contributed by atoms with van der Waals surface area (Å²) in [5, 5.41) is 2.67. The number of hydrogen-bond acceptors (Lipinski definition) is 5. The van der Waals surface area contributed by atoms with E-state index in [1.807, 2.05) is 20.8 Å². The average Bonchev–Trinajstić information content (AvgIpc) is 2.83. The van der Waals surface area contributed by atoms with E-state index in [0.717, 1.165) is 27.2 Å². The van der Waals surface area contributed by atoms with Gasteiger partial charge in [0.05, 0.1) is 19.4 Å². The first-order chi connectivity index (χ1) is 17.7. The number of carbonyl (C=O) groups excluding carboxylic acids is 3. The second-order valence-corrected chi connectivity index (χ2v) is 9.15. The summed E-state index contributed by atoms with van der Waals surface area (Å²) in [6.07, 6.45) is 1.96. The molecule has 1 heterocycles. The van der Waals surface area contributed by atoms with E-state index in [0.29, 0.717) is 40.8 Å². The molecule has 0 saturated carbocycles. The summed E-state index contributed by atoms with van der Waals surface area (Å²) in [5.41, 5.74) is 4.79. The lowest BCUT2D eigenvalue weighted by molar-refractivity contribution is -0.122. The lowest BCUT2D eigenvalue weighted by atomic mass is 9.98. The average molecular weight is 519 g/mol. The third-order valence-electron chi connectivity index (χ3n) is 5.88. The van der Waals surface area contributed by atoms with Gasteiger partial charge in [-0.3, -0.25) is 14.9 Å². The SMILES string of the molecule is CCOc1ccc(N2C(=O)NC(=O)/C(=C\c3cc(Cl)c(Cc4cc(C)cc(C)c4)c(OC)c3)C2=O)cc1. The van der Waals surface area contributed by atoms with Crippen LogP contribution in [0.25, 0.3) is 6.08 Å². The third-order valence-corrected chi connectivity index (χ3v) is 6.21. The highest BCUT2D eigenvalue weighted by Gasteiger charge is 2.36. The number of nitrogens with zero attached hydrogens (tertiary/aromatic N) is 1. The molecule has 4 amide bonds. The Balaban J connectivity index is 1.67. The highest BCUT2D eigenvalue weighted by molar-refractivity contribution is 6.39. The third kappa shape index (κ3) is 5.67. The number of aryl methyl sites for hydroxylation is 2. The Hall–Kier alpha value is -4.10. The Morgan fingerprint density at radius 2 is 1.65 bits per heavy atom. The molecule has 0 radical (unpaired) electrons. The highest BCUT2D eigenvalue weighted by atomic mass is 35.5. The number of methoxy groups -OCH3 is 1. The van der Waals surface area contributed by atoms with Gasteiger partial charge in [-0.2, -0.15) is 0 Å². The van der Waals surface area contributed by atoms with Crippen LogP contribution in [0.15, 0.2) is 60.2 Å². The van der Waals surface area contributed by atoms with Crippen LogP contribution in [0.2, 0.25) is 5.02 Å². The Bertz CT molecular complexity index is 1390. The van der Waals surface area contributed by atoms with Gasteiger partial charge in [-0.25, -0.2) is 9.69 Å². The molecule has 3 aromatic rings. The molecule has 0 atom stereocenters. The van der Waals surface area contributed by atoms with Crippen LogP contribution in [0.3, 0.4) is 0 Å². The summed E-state index contributed by atoms with van der Waals surface area (Å²) >= 11 is 6.65. The minimum Gasteiger partial charge on any atom is -0.496 e. The number of rotatable bonds is 7.